The van der Waals surface area contributed by atoms with E-state index in [1.165, 1.54) is 5.56 Å². The van der Waals surface area contributed by atoms with Crippen molar-refractivity contribution in [3.63, 3.8) is 0 Å². The van der Waals surface area contributed by atoms with Gasteiger partial charge in [0.25, 0.3) is 0 Å². The summed E-state index contributed by atoms with van der Waals surface area (Å²) >= 11 is 0. The third kappa shape index (κ3) is 8.18. The maximum atomic E-state index is 5.33. The number of aliphatic imine (C=N–C) groups is 1. The highest BCUT2D eigenvalue weighted by Gasteiger charge is 2.02. The molecule has 1 aromatic carbocycles. The smallest absolute Gasteiger partial charge is 0.190 e. The average Bonchev–Trinajstić information content (AvgIpc) is 3.12. The molecule has 0 radical (unpaired) electrons. The van der Waals surface area contributed by atoms with E-state index in [2.05, 4.69) is 26.9 Å². The lowest BCUT2D eigenvalue weighted by molar-refractivity contribution is 0.143. The average molecular weight is 471 g/mol. The largest absolute Gasteiger partial charge is 0.382 e. The first-order valence-corrected chi connectivity index (χ1v) is 8.94. The molecular weight excluding hydrogens is 441 g/mol. The van der Waals surface area contributed by atoms with Crippen LogP contribution in [0.15, 0.2) is 47.7 Å². The lowest BCUT2D eigenvalue weighted by Crippen LogP contribution is -2.38. The third-order valence-electron chi connectivity index (χ3n) is 3.80. The Hall–Kier alpha value is -1.61. The van der Waals surface area contributed by atoms with Gasteiger partial charge in [0, 0.05) is 39.5 Å². The second-order valence-electron chi connectivity index (χ2n) is 5.71. The lowest BCUT2D eigenvalue weighted by atomic mass is 10.2. The Balaban J connectivity index is 0.00000338. The van der Waals surface area contributed by atoms with Crippen molar-refractivity contribution in [1.29, 1.82) is 0 Å². The summed E-state index contributed by atoms with van der Waals surface area (Å²) < 4.78 is 7.24. The van der Waals surface area contributed by atoms with Crippen LogP contribution in [0.4, 0.5) is 0 Å². The minimum absolute atomic E-state index is 0. The van der Waals surface area contributed by atoms with Crippen LogP contribution in [0.1, 0.15) is 25.3 Å². The molecule has 0 atom stereocenters. The number of guanidine groups is 1. The highest BCUT2D eigenvalue weighted by Crippen LogP contribution is 2.07. The number of para-hydroxylation sites is 1. The number of benzene rings is 1. The molecule has 26 heavy (non-hydrogen) atoms. The quantitative estimate of drug-likeness (QED) is 0.242. The van der Waals surface area contributed by atoms with Gasteiger partial charge in [-0.2, -0.15) is 5.10 Å². The summed E-state index contributed by atoms with van der Waals surface area (Å²) in [6, 6.07) is 10.1. The zero-order chi connectivity index (χ0) is 17.7. The number of unbranched alkanes of at least 4 members (excludes halogenated alkanes) is 1. The van der Waals surface area contributed by atoms with Crippen molar-refractivity contribution in [2.75, 3.05) is 33.4 Å². The van der Waals surface area contributed by atoms with E-state index in [0.29, 0.717) is 0 Å². The summed E-state index contributed by atoms with van der Waals surface area (Å²) in [6.07, 6.45) is 7.03. The van der Waals surface area contributed by atoms with Crippen molar-refractivity contribution in [3.8, 4) is 5.69 Å². The van der Waals surface area contributed by atoms with Gasteiger partial charge in [0.2, 0.25) is 0 Å². The fourth-order valence-corrected chi connectivity index (χ4v) is 2.44. The van der Waals surface area contributed by atoms with Crippen LogP contribution >= 0.6 is 24.0 Å². The Kier molecular flexibility index (Phi) is 11.7. The van der Waals surface area contributed by atoms with Crippen molar-refractivity contribution in [3.05, 3.63) is 48.3 Å². The first kappa shape index (κ1) is 22.4. The molecule has 0 aliphatic rings. The molecule has 0 amide bonds. The molecule has 144 valence electrons. The van der Waals surface area contributed by atoms with Gasteiger partial charge in [-0.3, -0.25) is 4.99 Å². The van der Waals surface area contributed by atoms with Crippen molar-refractivity contribution in [1.82, 2.24) is 20.4 Å². The van der Waals surface area contributed by atoms with Gasteiger partial charge >= 0.3 is 0 Å². The van der Waals surface area contributed by atoms with Crippen LogP contribution in [-0.2, 0) is 11.2 Å². The minimum Gasteiger partial charge on any atom is -0.382 e. The zero-order valence-corrected chi connectivity index (χ0v) is 18.0. The topological polar surface area (TPSA) is 63.5 Å². The van der Waals surface area contributed by atoms with Gasteiger partial charge in [0.15, 0.2) is 5.96 Å². The summed E-state index contributed by atoms with van der Waals surface area (Å²) in [6.45, 7) is 5.36. The predicted octanol–water partition coefficient (Wildman–Crippen LogP) is 3.01. The van der Waals surface area contributed by atoms with Crippen LogP contribution in [0.25, 0.3) is 5.69 Å². The van der Waals surface area contributed by atoms with Gasteiger partial charge in [-0.05, 0) is 43.9 Å². The highest BCUT2D eigenvalue weighted by atomic mass is 127. The van der Waals surface area contributed by atoms with Gasteiger partial charge in [-0.1, -0.05) is 18.2 Å². The normalized spacial score (nSPS) is 11.1. The summed E-state index contributed by atoms with van der Waals surface area (Å²) in [7, 11) is 1.79. The van der Waals surface area contributed by atoms with E-state index in [4.69, 9.17) is 4.74 Å². The van der Waals surface area contributed by atoms with E-state index in [0.717, 1.165) is 57.2 Å². The molecule has 0 spiro atoms. The Morgan fingerprint density at radius 1 is 1.15 bits per heavy atom. The Morgan fingerprint density at radius 2 is 1.92 bits per heavy atom. The molecule has 0 saturated heterocycles. The van der Waals surface area contributed by atoms with Gasteiger partial charge < -0.3 is 15.4 Å². The molecule has 1 aromatic heterocycles. The molecule has 0 unspecified atom stereocenters. The van der Waals surface area contributed by atoms with Gasteiger partial charge in [-0.15, -0.1) is 24.0 Å². The van der Waals surface area contributed by atoms with Gasteiger partial charge in [-0.25, -0.2) is 4.68 Å². The SMILES string of the molecule is CCOCCCCNC(=NC)NCCc1cnn(-c2ccccc2)c1.I. The van der Waals surface area contributed by atoms with E-state index >= 15 is 0 Å². The number of aromatic nitrogens is 2. The monoisotopic (exact) mass is 471 g/mol. The molecule has 6 nitrogen and oxygen atoms in total. The summed E-state index contributed by atoms with van der Waals surface area (Å²) in [5.74, 6) is 0.840. The van der Waals surface area contributed by atoms with Crippen molar-refractivity contribution in [2.45, 2.75) is 26.2 Å². The van der Waals surface area contributed by atoms with Crippen LogP contribution < -0.4 is 10.6 Å². The second kappa shape index (κ2) is 13.6. The van der Waals surface area contributed by atoms with Gasteiger partial charge in [0.1, 0.15) is 0 Å². The fraction of sp³-hybridized carbons (Fsp3) is 0.474. The van der Waals surface area contributed by atoms with Gasteiger partial charge in [0.05, 0.1) is 11.9 Å². The molecule has 0 saturated carbocycles. The van der Waals surface area contributed by atoms with E-state index < -0.39 is 0 Å². The van der Waals surface area contributed by atoms with Crippen molar-refractivity contribution < 1.29 is 4.74 Å². The minimum atomic E-state index is 0. The lowest BCUT2D eigenvalue weighted by Gasteiger charge is -2.11. The third-order valence-corrected chi connectivity index (χ3v) is 3.80. The van der Waals surface area contributed by atoms with E-state index in [1.807, 2.05) is 48.1 Å². The fourth-order valence-electron chi connectivity index (χ4n) is 2.44. The van der Waals surface area contributed by atoms with Crippen LogP contribution in [-0.4, -0.2) is 49.1 Å². The first-order valence-electron chi connectivity index (χ1n) is 8.94. The molecule has 2 aromatic rings. The van der Waals surface area contributed by atoms with Crippen molar-refractivity contribution >= 4 is 29.9 Å². The van der Waals surface area contributed by atoms with E-state index in [9.17, 15) is 0 Å². The van der Waals surface area contributed by atoms with Crippen LogP contribution in [0, 0.1) is 0 Å². The Labute approximate surface area is 173 Å². The number of nitrogens with zero attached hydrogens (tertiary/aromatic N) is 3. The molecule has 2 N–H and O–H groups in total. The molecule has 0 aliphatic heterocycles. The number of nitrogens with one attached hydrogen (secondary N) is 2. The standard InChI is InChI=1S/C19H29N5O.HI/c1-3-25-14-8-7-12-21-19(20-2)22-13-11-17-15-23-24(16-17)18-9-5-4-6-10-18;/h4-6,9-10,15-16H,3,7-8,11-14H2,1-2H3,(H2,20,21,22);1H. The highest BCUT2D eigenvalue weighted by molar-refractivity contribution is 14.0. The van der Waals surface area contributed by atoms with Crippen molar-refractivity contribution in [2.24, 2.45) is 4.99 Å². The molecule has 0 fully saturated rings. The first-order chi connectivity index (χ1) is 12.3. The molecular formula is C19H30IN5O. The molecule has 0 bridgehead atoms. The molecule has 7 heteroatoms. The van der Waals surface area contributed by atoms with E-state index in [1.54, 1.807) is 7.05 Å². The summed E-state index contributed by atoms with van der Waals surface area (Å²) in [5.41, 5.74) is 2.27. The number of hydrogen-bond acceptors (Lipinski definition) is 3. The summed E-state index contributed by atoms with van der Waals surface area (Å²) in [4.78, 5) is 4.25. The number of rotatable bonds is 10. The Bertz CT molecular complexity index is 630. The molecule has 1 heterocycles. The number of halogens is 1. The predicted molar refractivity (Wildman–Crippen MR) is 118 cm³/mol. The van der Waals surface area contributed by atoms with Crippen LogP contribution in [0.5, 0.6) is 0 Å². The number of ether oxygens (including phenoxy) is 1. The maximum absolute atomic E-state index is 5.33. The van der Waals surface area contributed by atoms with Crippen LogP contribution in [0.3, 0.4) is 0 Å². The second-order valence-corrected chi connectivity index (χ2v) is 5.71. The van der Waals surface area contributed by atoms with E-state index in [-0.39, 0.29) is 24.0 Å². The molecule has 0 aliphatic carbocycles. The maximum Gasteiger partial charge on any atom is 0.190 e. The van der Waals surface area contributed by atoms with Crippen LogP contribution in [0.2, 0.25) is 0 Å². The zero-order valence-electron chi connectivity index (χ0n) is 15.6. The summed E-state index contributed by atoms with van der Waals surface area (Å²) in [5, 5.41) is 11.1. The number of hydrogen-bond donors (Lipinski definition) is 2. The Morgan fingerprint density at radius 3 is 2.65 bits per heavy atom. The molecule has 2 rings (SSSR count).